The number of carbonyl (C=O) groups excluding carboxylic acids is 1. The minimum atomic E-state index is -1.98. The lowest BCUT2D eigenvalue weighted by atomic mass is 9.96. The van der Waals surface area contributed by atoms with Gasteiger partial charge in [-0.3, -0.25) is 4.79 Å². The molecule has 0 radical (unpaired) electrons. The molecule has 17 unspecified atom stereocenters. The number of carbonyl (C=O) groups is 1. The molecule has 0 aromatic heterocycles. The first-order valence-electron chi connectivity index (χ1n) is 41.4. The van der Waals surface area contributed by atoms with Gasteiger partial charge in [0, 0.05) is 6.42 Å². The normalized spacial score (nSPS) is 26.4. The fraction of sp³-hybridized carbons (Fsp3) is 0.736. The molecule has 0 aliphatic carbocycles. The van der Waals surface area contributed by atoms with Crippen molar-refractivity contribution in [1.29, 1.82) is 0 Å². The first-order valence-corrected chi connectivity index (χ1v) is 41.4. The van der Waals surface area contributed by atoms with Crippen LogP contribution >= 0.6 is 0 Å². The molecule has 0 aromatic carbocycles. The predicted octanol–water partition coefficient (Wildman–Crippen LogP) is 14.4. The van der Waals surface area contributed by atoms with Gasteiger partial charge in [0.25, 0.3) is 0 Å². The van der Waals surface area contributed by atoms with E-state index in [0.717, 1.165) is 109 Å². The number of amides is 1. The Morgan fingerprint density at radius 2 is 0.651 bits per heavy atom. The maximum absolute atomic E-state index is 13.5. The highest BCUT2D eigenvalue weighted by Crippen LogP contribution is 2.33. The number of nitrogens with one attached hydrogen (secondary N) is 1. The van der Waals surface area contributed by atoms with Gasteiger partial charge in [-0.05, 0) is 96.3 Å². The predicted molar refractivity (Wildman–Crippen MR) is 424 cm³/mol. The number of aliphatic hydroxyl groups is 11. The van der Waals surface area contributed by atoms with Crippen molar-refractivity contribution in [2.45, 2.75) is 381 Å². The first kappa shape index (κ1) is 96.1. The molecular formula is C87H147NO18. The van der Waals surface area contributed by atoms with Crippen molar-refractivity contribution in [3.05, 3.63) is 134 Å². The van der Waals surface area contributed by atoms with Crippen LogP contribution in [0.4, 0.5) is 0 Å². The van der Waals surface area contributed by atoms with E-state index in [4.69, 9.17) is 28.4 Å². The fourth-order valence-electron chi connectivity index (χ4n) is 13.1. The zero-order valence-corrected chi connectivity index (χ0v) is 65.1. The zero-order chi connectivity index (χ0) is 76.7. The molecule has 0 bridgehead atoms. The number of hydrogen-bond donors (Lipinski definition) is 12. The second-order valence-corrected chi connectivity index (χ2v) is 28.9. The molecule has 3 aliphatic heterocycles. The molecular weight excluding hydrogens is 1350 g/mol. The van der Waals surface area contributed by atoms with Crippen molar-refractivity contribution >= 4 is 5.91 Å². The average molecular weight is 1500 g/mol. The summed E-state index contributed by atoms with van der Waals surface area (Å²) in [6.45, 7) is 1.68. The lowest BCUT2D eigenvalue weighted by Crippen LogP contribution is -2.66. The van der Waals surface area contributed by atoms with E-state index in [1.807, 2.05) is 0 Å². The van der Waals surface area contributed by atoms with Crippen LogP contribution in [0.1, 0.15) is 277 Å². The van der Waals surface area contributed by atoms with Gasteiger partial charge in [-0.25, -0.2) is 0 Å². The summed E-state index contributed by atoms with van der Waals surface area (Å²) in [5.74, 6) is -0.277. The van der Waals surface area contributed by atoms with Crippen LogP contribution in [0.5, 0.6) is 0 Å². The van der Waals surface area contributed by atoms with Crippen LogP contribution in [0.15, 0.2) is 134 Å². The highest BCUT2D eigenvalue weighted by atomic mass is 16.8. The van der Waals surface area contributed by atoms with Gasteiger partial charge in [0.05, 0.1) is 38.6 Å². The van der Waals surface area contributed by atoms with Crippen LogP contribution in [0.25, 0.3) is 0 Å². The minimum absolute atomic E-state index is 0.218. The summed E-state index contributed by atoms with van der Waals surface area (Å²) < 4.78 is 34.5. The van der Waals surface area contributed by atoms with Crippen LogP contribution in [0.3, 0.4) is 0 Å². The van der Waals surface area contributed by atoms with Crippen molar-refractivity contribution in [2.24, 2.45) is 0 Å². The fourth-order valence-corrected chi connectivity index (χ4v) is 13.1. The van der Waals surface area contributed by atoms with Gasteiger partial charge in [-0.15, -0.1) is 0 Å². The summed E-state index contributed by atoms with van der Waals surface area (Å²) in [6.07, 6.45) is 66.7. The summed E-state index contributed by atoms with van der Waals surface area (Å²) in [4.78, 5) is 13.5. The number of ether oxygens (including phenoxy) is 6. The molecule has 0 saturated carbocycles. The summed E-state index contributed by atoms with van der Waals surface area (Å²) >= 11 is 0. The highest BCUT2D eigenvalue weighted by Gasteiger charge is 2.54. The van der Waals surface area contributed by atoms with E-state index >= 15 is 0 Å². The number of hydrogen-bond acceptors (Lipinski definition) is 18. The molecule has 12 N–H and O–H groups in total. The lowest BCUT2D eigenvalue weighted by Gasteiger charge is -2.48. The van der Waals surface area contributed by atoms with Gasteiger partial charge in [0.15, 0.2) is 18.9 Å². The van der Waals surface area contributed by atoms with Crippen molar-refractivity contribution in [1.82, 2.24) is 5.32 Å². The van der Waals surface area contributed by atoms with Crippen molar-refractivity contribution < 1.29 is 89.4 Å². The largest absolute Gasteiger partial charge is 0.394 e. The molecule has 608 valence electrons. The standard InChI is InChI=1S/C87H147NO18/c1-3-5-7-9-11-13-15-17-19-21-23-25-27-29-30-31-32-33-34-35-36-37-38-39-40-41-43-45-47-49-51-53-55-57-59-61-63-65-75(93)88-70(71(92)64-62-60-58-56-54-52-50-48-46-44-42-28-26-24-22-20-18-16-14-12-10-8-6-4-2)69-101-85-81(99)78(96)83(73(67-90)103-85)106-87-82(100)79(97)84(74(68-91)104-87)105-86-80(98)77(95)76(94)72(66-89)102-86/h5,7,11,13,17,19,23,25,29-30,32-33,35-36,38-39,41,43,47,49,53,55,70-74,76-87,89-92,94-100H,3-4,6,8-10,12,14-16,18,20-22,24,26-28,31,34,37,40,42,44-46,48,50-52,54,56-69H2,1-2H3,(H,88,93)/b7-5-,13-11-,19-17-,25-23-,30-29-,33-32-,36-35-,39-38-,43-41-,49-47-,55-53-. The monoisotopic (exact) mass is 1490 g/mol. The van der Waals surface area contributed by atoms with Gasteiger partial charge in [-0.1, -0.05) is 308 Å². The molecule has 3 heterocycles. The van der Waals surface area contributed by atoms with Gasteiger partial charge in [0.1, 0.15) is 73.2 Å². The van der Waals surface area contributed by atoms with Gasteiger partial charge >= 0.3 is 0 Å². The molecule has 3 saturated heterocycles. The SMILES string of the molecule is CC/C=C\C/C=C\C/C=C\C/C=C\C/C=C\C/C=C\C/C=C\C/C=C\C/C=C\C/C=C\C/C=C\CCCCCC(=O)NC(COC1OC(CO)C(OC2OC(CO)C(OC3OC(CO)C(O)C(O)C3O)C(O)C2O)C(O)C1O)C(O)CCCCCCCCCCCCCCCCCCCCCCCCCC. The summed E-state index contributed by atoms with van der Waals surface area (Å²) in [5.41, 5.74) is 0. The zero-order valence-electron chi connectivity index (χ0n) is 65.1. The number of unbranched alkanes of at least 4 members (excludes halogenated alkanes) is 26. The Bertz CT molecular complexity index is 2440. The molecule has 19 heteroatoms. The van der Waals surface area contributed by atoms with Crippen LogP contribution in [-0.2, 0) is 33.2 Å². The van der Waals surface area contributed by atoms with Gasteiger partial charge < -0.3 is 89.9 Å². The third-order valence-corrected chi connectivity index (χ3v) is 19.7. The topological polar surface area (TPSA) is 307 Å². The van der Waals surface area contributed by atoms with Crippen molar-refractivity contribution in [3.63, 3.8) is 0 Å². The number of allylic oxidation sites excluding steroid dienone is 22. The molecule has 106 heavy (non-hydrogen) atoms. The Hall–Kier alpha value is -4.07. The van der Waals surface area contributed by atoms with E-state index in [-0.39, 0.29) is 18.9 Å². The third kappa shape index (κ3) is 44.7. The molecule has 0 aromatic rings. The van der Waals surface area contributed by atoms with Crippen molar-refractivity contribution in [2.75, 3.05) is 26.4 Å². The van der Waals surface area contributed by atoms with Crippen molar-refractivity contribution in [3.8, 4) is 0 Å². The van der Waals surface area contributed by atoms with E-state index < -0.39 is 124 Å². The third-order valence-electron chi connectivity index (χ3n) is 19.7. The van der Waals surface area contributed by atoms with Crippen LogP contribution in [0, 0.1) is 0 Å². The Labute approximate surface area is 639 Å². The van der Waals surface area contributed by atoms with E-state index in [1.54, 1.807) is 0 Å². The Balaban J connectivity index is 1.38. The summed E-state index contributed by atoms with van der Waals surface area (Å²) in [5, 5.41) is 121. The molecule has 1 amide bonds. The van der Waals surface area contributed by atoms with Gasteiger partial charge in [-0.2, -0.15) is 0 Å². The molecule has 17 atom stereocenters. The second-order valence-electron chi connectivity index (χ2n) is 28.9. The van der Waals surface area contributed by atoms with Crippen LogP contribution in [-0.4, -0.2) is 193 Å². The Kier molecular flexibility index (Phi) is 59.5. The van der Waals surface area contributed by atoms with E-state index in [1.165, 1.54) is 128 Å². The molecule has 0 spiro atoms. The summed E-state index contributed by atoms with van der Waals surface area (Å²) in [7, 11) is 0. The number of aliphatic hydroxyl groups excluding tert-OH is 11. The Morgan fingerprint density at radius 3 is 1.01 bits per heavy atom. The first-order chi connectivity index (χ1) is 51.8. The number of rotatable bonds is 64. The molecule has 19 nitrogen and oxygen atoms in total. The summed E-state index contributed by atoms with van der Waals surface area (Å²) in [6, 6.07) is -0.917. The quantitative estimate of drug-likeness (QED) is 0.0199. The maximum Gasteiger partial charge on any atom is 0.220 e. The second kappa shape index (κ2) is 65.6. The smallest absolute Gasteiger partial charge is 0.220 e. The van der Waals surface area contributed by atoms with Crippen LogP contribution < -0.4 is 5.32 Å². The highest BCUT2D eigenvalue weighted by molar-refractivity contribution is 5.76. The maximum atomic E-state index is 13.5. The van der Waals surface area contributed by atoms with E-state index in [2.05, 4.69) is 153 Å². The van der Waals surface area contributed by atoms with E-state index in [0.29, 0.717) is 19.3 Å². The van der Waals surface area contributed by atoms with Gasteiger partial charge in [0.2, 0.25) is 5.91 Å². The average Bonchev–Trinajstić information content (AvgIpc) is 0.780. The van der Waals surface area contributed by atoms with Crippen LogP contribution in [0.2, 0.25) is 0 Å². The molecule has 3 fully saturated rings. The van der Waals surface area contributed by atoms with E-state index in [9.17, 15) is 61.0 Å². The minimum Gasteiger partial charge on any atom is -0.394 e. The Morgan fingerprint density at radius 1 is 0.349 bits per heavy atom. The molecule has 3 aliphatic rings. The lowest BCUT2D eigenvalue weighted by molar-refractivity contribution is -0.379. The molecule has 3 rings (SSSR count).